The summed E-state index contributed by atoms with van der Waals surface area (Å²) in [4.78, 5) is 15.7. The van der Waals surface area contributed by atoms with E-state index in [0.29, 0.717) is 18.0 Å². The molecule has 0 unspecified atom stereocenters. The molecule has 1 aromatic carbocycles. The molecule has 0 aromatic heterocycles. The summed E-state index contributed by atoms with van der Waals surface area (Å²) in [6.45, 7) is 5.76. The molecule has 0 saturated carbocycles. The zero-order chi connectivity index (χ0) is 13.8. The van der Waals surface area contributed by atoms with Crippen molar-refractivity contribution in [2.45, 2.75) is 19.9 Å². The van der Waals surface area contributed by atoms with Gasteiger partial charge in [-0.1, -0.05) is 24.6 Å². The Morgan fingerprint density at radius 2 is 2.00 bits per heavy atom. The van der Waals surface area contributed by atoms with E-state index in [0.717, 1.165) is 31.7 Å². The molecule has 104 valence electrons. The van der Waals surface area contributed by atoms with E-state index < -0.39 is 0 Å². The molecule has 1 aromatic rings. The summed E-state index contributed by atoms with van der Waals surface area (Å²) in [7, 11) is 0. The molecule has 19 heavy (non-hydrogen) atoms. The zero-order valence-electron chi connectivity index (χ0n) is 11.0. The van der Waals surface area contributed by atoms with Gasteiger partial charge in [-0.2, -0.15) is 0 Å². The van der Waals surface area contributed by atoms with E-state index >= 15 is 0 Å². The lowest BCUT2D eigenvalue weighted by Crippen LogP contribution is -2.48. The van der Waals surface area contributed by atoms with Crippen LogP contribution in [0.5, 0.6) is 0 Å². The minimum atomic E-state index is -0.313. The number of carbonyl (C=O) groups excluding carboxylic acids is 1. The molecule has 0 N–H and O–H groups in total. The number of carbonyl (C=O) groups is 1. The maximum absolute atomic E-state index is 13.0. The Hall–Kier alpha value is -1.13. The highest BCUT2D eigenvalue weighted by Gasteiger charge is 2.20. The van der Waals surface area contributed by atoms with Gasteiger partial charge in [0.15, 0.2) is 0 Å². The number of piperazine rings is 1. The fraction of sp³-hybridized carbons (Fsp3) is 0.500. The van der Waals surface area contributed by atoms with Crippen molar-refractivity contribution < 1.29 is 9.18 Å². The molecule has 5 heteroatoms. The third kappa shape index (κ3) is 3.67. The van der Waals surface area contributed by atoms with Crippen LogP contribution in [0.15, 0.2) is 18.2 Å². The highest BCUT2D eigenvalue weighted by atomic mass is 35.5. The minimum absolute atomic E-state index is 0.208. The molecule has 3 nitrogen and oxygen atoms in total. The van der Waals surface area contributed by atoms with E-state index in [1.807, 2.05) is 11.8 Å². The SMILES string of the molecule is CCC(=O)N1CCN(Cc2ccc(F)cc2Cl)CC1. The molecule has 1 aliphatic rings. The number of benzene rings is 1. The Labute approximate surface area is 117 Å². The van der Waals surface area contributed by atoms with E-state index in [4.69, 9.17) is 11.6 Å². The Morgan fingerprint density at radius 3 is 2.58 bits per heavy atom. The van der Waals surface area contributed by atoms with Gasteiger partial charge in [-0.15, -0.1) is 0 Å². The molecule has 0 aliphatic carbocycles. The first-order valence-electron chi connectivity index (χ1n) is 6.54. The Kier molecular flexibility index (Phi) is 4.77. The summed E-state index contributed by atoms with van der Waals surface area (Å²) in [5.41, 5.74) is 0.929. The summed E-state index contributed by atoms with van der Waals surface area (Å²) in [5, 5.41) is 0.465. The largest absolute Gasteiger partial charge is 0.340 e. The molecule has 1 saturated heterocycles. The lowest BCUT2D eigenvalue weighted by molar-refractivity contribution is -0.132. The van der Waals surface area contributed by atoms with Gasteiger partial charge >= 0.3 is 0 Å². The van der Waals surface area contributed by atoms with Crippen molar-refractivity contribution in [2.24, 2.45) is 0 Å². The molecule has 1 heterocycles. The van der Waals surface area contributed by atoms with Gasteiger partial charge in [0.2, 0.25) is 5.91 Å². The normalized spacial score (nSPS) is 16.7. The van der Waals surface area contributed by atoms with Gasteiger partial charge in [-0.25, -0.2) is 4.39 Å². The van der Waals surface area contributed by atoms with Crippen molar-refractivity contribution in [3.8, 4) is 0 Å². The predicted molar refractivity (Wildman–Crippen MR) is 73.6 cm³/mol. The first-order valence-corrected chi connectivity index (χ1v) is 6.92. The van der Waals surface area contributed by atoms with Crippen molar-refractivity contribution in [1.82, 2.24) is 9.80 Å². The van der Waals surface area contributed by atoms with Crippen LogP contribution in [0.4, 0.5) is 4.39 Å². The van der Waals surface area contributed by atoms with Crippen LogP contribution < -0.4 is 0 Å². The van der Waals surface area contributed by atoms with Crippen LogP contribution in [0.1, 0.15) is 18.9 Å². The Morgan fingerprint density at radius 1 is 1.32 bits per heavy atom. The minimum Gasteiger partial charge on any atom is -0.340 e. The van der Waals surface area contributed by atoms with E-state index in [1.54, 1.807) is 6.07 Å². The first kappa shape index (κ1) is 14.3. The van der Waals surface area contributed by atoms with E-state index in [1.165, 1.54) is 12.1 Å². The monoisotopic (exact) mass is 284 g/mol. The van der Waals surface area contributed by atoms with E-state index in [9.17, 15) is 9.18 Å². The number of halogens is 2. The van der Waals surface area contributed by atoms with E-state index in [-0.39, 0.29) is 11.7 Å². The van der Waals surface area contributed by atoms with Gasteiger partial charge < -0.3 is 4.90 Å². The Balaban J connectivity index is 1.90. The first-order chi connectivity index (χ1) is 9.10. The lowest BCUT2D eigenvalue weighted by atomic mass is 10.2. The smallest absolute Gasteiger partial charge is 0.222 e. The van der Waals surface area contributed by atoms with Crippen LogP contribution in [0.2, 0.25) is 5.02 Å². The van der Waals surface area contributed by atoms with Gasteiger partial charge in [0.05, 0.1) is 0 Å². The Bertz CT molecular complexity index is 459. The second-order valence-electron chi connectivity index (χ2n) is 4.75. The number of amides is 1. The number of hydrogen-bond acceptors (Lipinski definition) is 2. The van der Waals surface area contributed by atoms with Crippen molar-refractivity contribution in [3.05, 3.63) is 34.6 Å². The summed E-state index contributed by atoms with van der Waals surface area (Å²) >= 11 is 6.02. The molecule has 0 atom stereocenters. The summed E-state index contributed by atoms with van der Waals surface area (Å²) < 4.78 is 13.0. The van der Waals surface area contributed by atoms with Crippen molar-refractivity contribution in [2.75, 3.05) is 26.2 Å². The zero-order valence-corrected chi connectivity index (χ0v) is 11.8. The fourth-order valence-electron chi connectivity index (χ4n) is 2.27. The average Bonchev–Trinajstić information content (AvgIpc) is 2.42. The molecule has 0 spiro atoms. The average molecular weight is 285 g/mol. The molecular weight excluding hydrogens is 267 g/mol. The van der Waals surface area contributed by atoms with Crippen LogP contribution in [-0.4, -0.2) is 41.9 Å². The van der Waals surface area contributed by atoms with Crippen molar-refractivity contribution in [3.63, 3.8) is 0 Å². The number of hydrogen-bond donors (Lipinski definition) is 0. The van der Waals surface area contributed by atoms with E-state index in [2.05, 4.69) is 4.90 Å². The van der Waals surface area contributed by atoms with Crippen LogP contribution in [0, 0.1) is 5.82 Å². The third-order valence-corrected chi connectivity index (χ3v) is 3.79. The molecule has 0 radical (unpaired) electrons. The van der Waals surface area contributed by atoms with Gasteiger partial charge in [0.25, 0.3) is 0 Å². The van der Waals surface area contributed by atoms with Gasteiger partial charge in [0, 0.05) is 44.2 Å². The molecule has 0 bridgehead atoms. The molecule has 2 rings (SSSR count). The number of nitrogens with zero attached hydrogens (tertiary/aromatic N) is 2. The van der Waals surface area contributed by atoms with Gasteiger partial charge in [0.1, 0.15) is 5.82 Å². The second-order valence-corrected chi connectivity index (χ2v) is 5.15. The summed E-state index contributed by atoms with van der Waals surface area (Å²) in [6.07, 6.45) is 0.559. The molecule has 1 fully saturated rings. The van der Waals surface area contributed by atoms with Crippen LogP contribution in [0.25, 0.3) is 0 Å². The van der Waals surface area contributed by atoms with Crippen molar-refractivity contribution in [1.29, 1.82) is 0 Å². The predicted octanol–water partition coefficient (Wildman–Crippen LogP) is 2.53. The maximum Gasteiger partial charge on any atom is 0.222 e. The van der Waals surface area contributed by atoms with Gasteiger partial charge in [-0.05, 0) is 17.7 Å². The third-order valence-electron chi connectivity index (χ3n) is 3.44. The molecule has 1 amide bonds. The fourth-order valence-corrected chi connectivity index (χ4v) is 2.50. The van der Waals surface area contributed by atoms with Gasteiger partial charge in [-0.3, -0.25) is 9.69 Å². The molecule has 1 aliphatic heterocycles. The highest BCUT2D eigenvalue weighted by molar-refractivity contribution is 6.31. The maximum atomic E-state index is 13.0. The lowest BCUT2D eigenvalue weighted by Gasteiger charge is -2.34. The van der Waals surface area contributed by atoms with Crippen LogP contribution >= 0.6 is 11.6 Å². The quantitative estimate of drug-likeness (QED) is 0.852. The standard InChI is InChI=1S/C14H18ClFN2O/c1-2-14(19)18-7-5-17(6-8-18)10-11-3-4-12(16)9-13(11)15/h3-4,9H,2,5-8,10H2,1H3. The van der Waals surface area contributed by atoms with Crippen LogP contribution in [-0.2, 0) is 11.3 Å². The van der Waals surface area contributed by atoms with Crippen LogP contribution in [0.3, 0.4) is 0 Å². The number of rotatable bonds is 3. The van der Waals surface area contributed by atoms with Crippen molar-refractivity contribution >= 4 is 17.5 Å². The highest BCUT2D eigenvalue weighted by Crippen LogP contribution is 2.19. The summed E-state index contributed by atoms with van der Waals surface area (Å²) in [5.74, 6) is -0.105. The topological polar surface area (TPSA) is 23.6 Å². The second kappa shape index (κ2) is 6.35. The molecular formula is C14H18ClFN2O. The summed E-state index contributed by atoms with van der Waals surface area (Å²) in [6, 6.07) is 4.49.